The highest BCUT2D eigenvalue weighted by Crippen LogP contribution is 2.39. The minimum Gasteiger partial charge on any atom is -0.385 e. The number of rotatable bonds is 7. The lowest BCUT2D eigenvalue weighted by atomic mass is 9.70. The second kappa shape index (κ2) is 10.7. The highest BCUT2D eigenvalue weighted by atomic mass is 35.5. The van der Waals surface area contributed by atoms with Crippen molar-refractivity contribution in [2.45, 2.75) is 30.3 Å². The maximum atomic E-state index is 13.8. The molecule has 1 N–H and O–H groups in total. The van der Waals surface area contributed by atoms with Crippen LogP contribution >= 0.6 is 23.2 Å². The first-order chi connectivity index (χ1) is 16.8. The van der Waals surface area contributed by atoms with E-state index in [1.165, 1.54) is 0 Å². The van der Waals surface area contributed by atoms with Gasteiger partial charge in [0.25, 0.3) is 0 Å². The third kappa shape index (κ3) is 5.26. The summed E-state index contributed by atoms with van der Waals surface area (Å²) in [6.07, 6.45) is 1.83. The molecule has 35 heavy (non-hydrogen) atoms. The van der Waals surface area contributed by atoms with Gasteiger partial charge in [0.15, 0.2) is 0 Å². The Hall–Kier alpha value is -2.37. The molecule has 1 saturated heterocycles. The van der Waals surface area contributed by atoms with Crippen LogP contribution in [0.15, 0.2) is 78.9 Å². The van der Waals surface area contributed by atoms with Crippen LogP contribution in [0.2, 0.25) is 10.0 Å². The molecule has 0 atom stereocenters. The first-order valence-corrected chi connectivity index (χ1v) is 12.7. The molecule has 0 saturated carbocycles. The highest BCUT2D eigenvalue weighted by Gasteiger charge is 2.43. The molecule has 0 aliphatic carbocycles. The van der Waals surface area contributed by atoms with Gasteiger partial charge in [-0.3, -0.25) is 4.79 Å². The number of carbonyl (C=O) groups is 1. The summed E-state index contributed by atoms with van der Waals surface area (Å²) in [6, 6.07) is 25.5. The second-order valence-electron chi connectivity index (χ2n) is 9.59. The lowest BCUT2D eigenvalue weighted by Crippen LogP contribution is -2.48. The first kappa shape index (κ1) is 25.7. The molecule has 3 aromatic carbocycles. The van der Waals surface area contributed by atoms with E-state index in [9.17, 15) is 9.90 Å². The maximum Gasteiger partial charge on any atom is 0.237 e. The molecule has 1 aliphatic rings. The lowest BCUT2D eigenvalue weighted by Gasteiger charge is -2.41. The average Bonchev–Trinajstić information content (AvgIpc) is 2.88. The van der Waals surface area contributed by atoms with Crippen molar-refractivity contribution in [3.05, 3.63) is 106 Å². The third-order valence-corrected chi connectivity index (χ3v) is 7.99. The van der Waals surface area contributed by atoms with Crippen LogP contribution in [0.5, 0.6) is 0 Å². The van der Waals surface area contributed by atoms with E-state index in [1.54, 1.807) is 17.0 Å². The van der Waals surface area contributed by atoms with Gasteiger partial charge in [0.2, 0.25) is 5.91 Å². The Morgan fingerprint density at radius 2 is 1.46 bits per heavy atom. The van der Waals surface area contributed by atoms with Crippen molar-refractivity contribution in [2.75, 3.05) is 33.7 Å². The molecule has 1 heterocycles. The number of benzene rings is 3. The number of carbonyl (C=O) groups excluding carboxylic acids is 1. The summed E-state index contributed by atoms with van der Waals surface area (Å²) >= 11 is 12.3. The summed E-state index contributed by atoms with van der Waals surface area (Å²) in [5, 5.41) is 12.3. The predicted molar refractivity (Wildman–Crippen MR) is 143 cm³/mol. The molecule has 0 radical (unpaired) electrons. The number of aliphatic hydroxyl groups is 1. The van der Waals surface area contributed by atoms with Gasteiger partial charge < -0.3 is 14.9 Å². The van der Waals surface area contributed by atoms with Crippen molar-refractivity contribution in [3.63, 3.8) is 0 Å². The van der Waals surface area contributed by atoms with E-state index in [-0.39, 0.29) is 5.91 Å². The zero-order chi connectivity index (χ0) is 25.1. The number of likely N-dealkylation sites (tertiary alicyclic amines) is 1. The molecule has 0 spiro atoms. The van der Waals surface area contributed by atoms with Crippen LogP contribution in [0.25, 0.3) is 0 Å². The zero-order valence-electron chi connectivity index (χ0n) is 20.3. The van der Waals surface area contributed by atoms with Crippen molar-refractivity contribution in [2.24, 2.45) is 0 Å². The Morgan fingerprint density at radius 3 is 1.94 bits per heavy atom. The molecule has 1 aliphatic heterocycles. The zero-order valence-corrected chi connectivity index (χ0v) is 21.8. The Bertz CT molecular complexity index is 1100. The fourth-order valence-electron chi connectivity index (χ4n) is 5.18. The Morgan fingerprint density at radius 1 is 0.914 bits per heavy atom. The fourth-order valence-corrected chi connectivity index (χ4v) is 5.48. The Kier molecular flexibility index (Phi) is 7.87. The molecule has 4 nitrogen and oxygen atoms in total. The van der Waals surface area contributed by atoms with Gasteiger partial charge >= 0.3 is 0 Å². The fraction of sp³-hybridized carbons (Fsp3) is 0.345. The summed E-state index contributed by atoms with van der Waals surface area (Å²) in [4.78, 5) is 17.9. The molecule has 184 valence electrons. The van der Waals surface area contributed by atoms with Gasteiger partial charge in [0, 0.05) is 27.2 Å². The lowest BCUT2D eigenvalue weighted by molar-refractivity contribution is -0.133. The summed E-state index contributed by atoms with van der Waals surface area (Å²) < 4.78 is 0. The molecule has 3 aromatic rings. The van der Waals surface area contributed by atoms with Gasteiger partial charge in [-0.1, -0.05) is 89.9 Å². The summed E-state index contributed by atoms with van der Waals surface area (Å²) in [6.45, 7) is 2.19. The van der Waals surface area contributed by atoms with E-state index in [2.05, 4.69) is 4.90 Å². The van der Waals surface area contributed by atoms with Gasteiger partial charge in [-0.15, -0.1) is 0 Å². The van der Waals surface area contributed by atoms with E-state index >= 15 is 0 Å². The minimum atomic E-state index is -0.930. The van der Waals surface area contributed by atoms with Crippen molar-refractivity contribution in [1.82, 2.24) is 9.80 Å². The van der Waals surface area contributed by atoms with Crippen LogP contribution in [-0.4, -0.2) is 54.5 Å². The number of hydrogen-bond acceptors (Lipinski definition) is 3. The number of likely N-dealkylation sites (N-methyl/N-ethyl adjacent to an activating group) is 1. The van der Waals surface area contributed by atoms with E-state index in [0.29, 0.717) is 29.3 Å². The Balaban J connectivity index is 1.57. The highest BCUT2D eigenvalue weighted by molar-refractivity contribution is 6.42. The van der Waals surface area contributed by atoms with Crippen molar-refractivity contribution >= 4 is 29.1 Å². The predicted octanol–water partition coefficient (Wildman–Crippen LogP) is 5.74. The van der Waals surface area contributed by atoms with Gasteiger partial charge in [0.1, 0.15) is 5.41 Å². The molecule has 6 heteroatoms. The van der Waals surface area contributed by atoms with Crippen LogP contribution in [0.1, 0.15) is 36.0 Å². The largest absolute Gasteiger partial charge is 0.385 e. The maximum absolute atomic E-state index is 13.8. The van der Waals surface area contributed by atoms with Crippen LogP contribution in [0.3, 0.4) is 0 Å². The van der Waals surface area contributed by atoms with Crippen molar-refractivity contribution < 1.29 is 9.90 Å². The second-order valence-corrected chi connectivity index (χ2v) is 10.4. The molecule has 1 fully saturated rings. The Labute approximate surface area is 218 Å². The van der Waals surface area contributed by atoms with E-state index in [4.69, 9.17) is 23.2 Å². The quantitative estimate of drug-likeness (QED) is 0.440. The van der Waals surface area contributed by atoms with Crippen LogP contribution in [-0.2, 0) is 15.8 Å². The smallest absolute Gasteiger partial charge is 0.237 e. The standard InChI is InChI=1S/C29H32Cl2N2O2/c1-32(2)27(34)29(22-9-5-3-6-10-22,23-11-7-4-8-12-23)17-20-33-18-15-28(35,16-19-33)24-13-14-25(30)26(31)21-24/h3-14,21,35H,15-20H2,1-2H3. The van der Waals surface area contributed by atoms with Crippen LogP contribution in [0.4, 0.5) is 0 Å². The molecular formula is C29H32Cl2N2O2. The molecule has 0 unspecified atom stereocenters. The summed E-state index contributed by atoms with van der Waals surface area (Å²) in [5.74, 6) is 0.0687. The van der Waals surface area contributed by atoms with Gasteiger partial charge in [-0.05, 0) is 54.6 Å². The molecular weight excluding hydrogens is 479 g/mol. The van der Waals surface area contributed by atoms with Crippen LogP contribution < -0.4 is 0 Å². The SMILES string of the molecule is CN(C)C(=O)C(CCN1CCC(O)(c2ccc(Cl)c(Cl)c2)CC1)(c1ccccc1)c1ccccc1. The van der Waals surface area contributed by atoms with E-state index in [1.807, 2.05) is 80.8 Å². The molecule has 0 bridgehead atoms. The normalized spacial score (nSPS) is 16.1. The molecule has 4 rings (SSSR count). The average molecular weight is 511 g/mol. The number of amides is 1. The molecule has 1 amide bonds. The van der Waals surface area contributed by atoms with Gasteiger partial charge in [-0.2, -0.15) is 0 Å². The summed E-state index contributed by atoms with van der Waals surface area (Å²) in [7, 11) is 3.64. The summed E-state index contributed by atoms with van der Waals surface area (Å²) in [5.41, 5.74) is 1.07. The van der Waals surface area contributed by atoms with Crippen LogP contribution in [0, 0.1) is 0 Å². The number of nitrogens with zero attached hydrogens (tertiary/aromatic N) is 2. The van der Waals surface area contributed by atoms with Crippen molar-refractivity contribution in [1.29, 1.82) is 0 Å². The van der Waals surface area contributed by atoms with Gasteiger partial charge in [-0.25, -0.2) is 0 Å². The number of hydrogen-bond donors (Lipinski definition) is 1. The van der Waals surface area contributed by atoms with E-state index in [0.717, 1.165) is 36.3 Å². The molecule has 0 aromatic heterocycles. The third-order valence-electron chi connectivity index (χ3n) is 7.25. The topological polar surface area (TPSA) is 43.8 Å². The van der Waals surface area contributed by atoms with Crippen molar-refractivity contribution in [3.8, 4) is 0 Å². The van der Waals surface area contributed by atoms with Gasteiger partial charge in [0.05, 0.1) is 15.6 Å². The minimum absolute atomic E-state index is 0.0687. The first-order valence-electron chi connectivity index (χ1n) is 12.0. The van der Waals surface area contributed by atoms with E-state index < -0.39 is 11.0 Å². The number of piperidine rings is 1. The monoisotopic (exact) mass is 510 g/mol. The number of halogens is 2.